The van der Waals surface area contributed by atoms with Gasteiger partial charge in [0.05, 0.1) is 18.4 Å². The second-order valence-corrected chi connectivity index (χ2v) is 7.34. The number of hydrogen-bond acceptors (Lipinski definition) is 5. The molecule has 0 atom stereocenters. The average Bonchev–Trinajstić information content (AvgIpc) is 2.78. The van der Waals surface area contributed by atoms with Gasteiger partial charge in [-0.2, -0.15) is 0 Å². The number of anilines is 2. The van der Waals surface area contributed by atoms with Gasteiger partial charge >= 0.3 is 0 Å². The molecule has 1 aliphatic heterocycles. The van der Waals surface area contributed by atoms with Gasteiger partial charge in [-0.15, -0.1) is 0 Å². The molecule has 3 rings (SSSR count). The monoisotopic (exact) mass is 396 g/mol. The second-order valence-electron chi connectivity index (χ2n) is 7.34. The first-order valence-corrected chi connectivity index (χ1v) is 10.6. The van der Waals surface area contributed by atoms with Crippen LogP contribution in [-0.2, 0) is 0 Å². The van der Waals surface area contributed by atoms with Crippen LogP contribution in [0.5, 0.6) is 5.75 Å². The Morgan fingerprint density at radius 2 is 1.66 bits per heavy atom. The van der Waals surface area contributed by atoms with Gasteiger partial charge in [0.15, 0.2) is 0 Å². The fourth-order valence-corrected chi connectivity index (χ4v) is 3.80. The summed E-state index contributed by atoms with van der Waals surface area (Å²) in [6.07, 6.45) is 3.66. The summed E-state index contributed by atoms with van der Waals surface area (Å²) in [5, 5.41) is 0. The van der Waals surface area contributed by atoms with E-state index in [2.05, 4.69) is 34.7 Å². The normalized spacial score (nSPS) is 14.0. The van der Waals surface area contributed by atoms with Gasteiger partial charge in [0, 0.05) is 45.5 Å². The van der Waals surface area contributed by atoms with Crippen LogP contribution in [0.4, 0.5) is 11.5 Å². The van der Waals surface area contributed by atoms with Crippen LogP contribution in [-0.4, -0.2) is 62.2 Å². The summed E-state index contributed by atoms with van der Waals surface area (Å²) in [6, 6.07) is 12.0. The van der Waals surface area contributed by atoms with Crippen molar-refractivity contribution in [3.05, 3.63) is 48.2 Å². The van der Waals surface area contributed by atoms with Crippen molar-refractivity contribution in [1.29, 1.82) is 0 Å². The number of benzene rings is 1. The van der Waals surface area contributed by atoms with E-state index >= 15 is 0 Å². The number of carbonyl (C=O) groups is 1. The number of para-hydroxylation sites is 2. The fraction of sp³-hybridized carbons (Fsp3) is 0.478. The predicted molar refractivity (Wildman–Crippen MR) is 118 cm³/mol. The molecule has 0 spiro atoms. The Balaban J connectivity index is 1.62. The van der Waals surface area contributed by atoms with Crippen LogP contribution in [0.1, 0.15) is 37.0 Å². The molecule has 0 N–H and O–H groups in total. The minimum Gasteiger partial charge on any atom is -0.495 e. The minimum atomic E-state index is 0.0775. The Morgan fingerprint density at radius 1 is 1.00 bits per heavy atom. The third-order valence-electron chi connectivity index (χ3n) is 5.30. The minimum absolute atomic E-state index is 0.0775. The molecule has 156 valence electrons. The van der Waals surface area contributed by atoms with Crippen molar-refractivity contribution in [3.63, 3.8) is 0 Å². The number of carbonyl (C=O) groups excluding carboxylic acids is 1. The third-order valence-corrected chi connectivity index (χ3v) is 5.30. The van der Waals surface area contributed by atoms with Gasteiger partial charge in [-0.1, -0.05) is 26.0 Å². The van der Waals surface area contributed by atoms with Crippen molar-refractivity contribution < 1.29 is 9.53 Å². The van der Waals surface area contributed by atoms with Gasteiger partial charge in [0.2, 0.25) is 0 Å². The maximum absolute atomic E-state index is 12.7. The van der Waals surface area contributed by atoms with Crippen LogP contribution in [0.15, 0.2) is 42.6 Å². The lowest BCUT2D eigenvalue weighted by Gasteiger charge is -2.37. The first-order valence-electron chi connectivity index (χ1n) is 10.6. The van der Waals surface area contributed by atoms with Gasteiger partial charge in [0.25, 0.3) is 5.91 Å². The maximum Gasteiger partial charge on any atom is 0.255 e. The number of aromatic nitrogens is 1. The first-order chi connectivity index (χ1) is 14.2. The second kappa shape index (κ2) is 10.1. The van der Waals surface area contributed by atoms with Gasteiger partial charge in [-0.25, -0.2) is 4.98 Å². The number of nitrogens with zero attached hydrogens (tertiary/aromatic N) is 4. The smallest absolute Gasteiger partial charge is 0.255 e. The summed E-state index contributed by atoms with van der Waals surface area (Å²) in [5.74, 6) is 1.91. The molecule has 1 aromatic heterocycles. The molecule has 6 heteroatoms. The fourth-order valence-electron chi connectivity index (χ4n) is 3.80. The molecule has 2 heterocycles. The lowest BCUT2D eigenvalue weighted by Crippen LogP contribution is -2.47. The molecule has 0 saturated carbocycles. The van der Waals surface area contributed by atoms with Crippen molar-refractivity contribution in [2.24, 2.45) is 0 Å². The number of pyridine rings is 1. The summed E-state index contributed by atoms with van der Waals surface area (Å²) in [4.78, 5) is 23.9. The van der Waals surface area contributed by atoms with Crippen LogP contribution >= 0.6 is 0 Å². The van der Waals surface area contributed by atoms with Crippen molar-refractivity contribution in [2.75, 3.05) is 56.2 Å². The van der Waals surface area contributed by atoms with Crippen LogP contribution in [0.3, 0.4) is 0 Å². The number of hydrogen-bond donors (Lipinski definition) is 0. The number of rotatable bonds is 8. The average molecular weight is 397 g/mol. The molecule has 2 aromatic rings. The van der Waals surface area contributed by atoms with Gasteiger partial charge in [-0.05, 0) is 37.1 Å². The van der Waals surface area contributed by atoms with E-state index in [1.165, 1.54) is 0 Å². The summed E-state index contributed by atoms with van der Waals surface area (Å²) in [7, 11) is 1.71. The molecule has 1 saturated heterocycles. The highest BCUT2D eigenvalue weighted by molar-refractivity contribution is 5.94. The van der Waals surface area contributed by atoms with E-state index in [1.807, 2.05) is 35.2 Å². The summed E-state index contributed by atoms with van der Waals surface area (Å²) in [5.41, 5.74) is 1.80. The van der Waals surface area contributed by atoms with Crippen molar-refractivity contribution in [2.45, 2.75) is 26.7 Å². The SMILES string of the molecule is CCCN(CCC)C(=O)c1ccc(N2CCN(c3ccccc3OC)CC2)nc1. The number of piperazine rings is 1. The Hall–Kier alpha value is -2.76. The molecule has 0 aliphatic carbocycles. The maximum atomic E-state index is 12.7. The van der Waals surface area contributed by atoms with E-state index in [0.717, 1.165) is 69.4 Å². The summed E-state index contributed by atoms with van der Waals surface area (Å²) >= 11 is 0. The number of ether oxygens (including phenoxy) is 1. The van der Waals surface area contributed by atoms with E-state index in [1.54, 1.807) is 13.3 Å². The Bertz CT molecular complexity index is 780. The quantitative estimate of drug-likeness (QED) is 0.681. The zero-order chi connectivity index (χ0) is 20.6. The largest absolute Gasteiger partial charge is 0.495 e. The molecule has 0 radical (unpaired) electrons. The Kier molecular flexibility index (Phi) is 7.33. The van der Waals surface area contributed by atoms with E-state index in [9.17, 15) is 4.79 Å². The molecule has 0 unspecified atom stereocenters. The van der Waals surface area contributed by atoms with Crippen molar-refractivity contribution in [1.82, 2.24) is 9.88 Å². The molecule has 0 bridgehead atoms. The highest BCUT2D eigenvalue weighted by atomic mass is 16.5. The van der Waals surface area contributed by atoms with Crippen LogP contribution in [0, 0.1) is 0 Å². The molecule has 1 aliphatic rings. The zero-order valence-corrected chi connectivity index (χ0v) is 17.8. The lowest BCUT2D eigenvalue weighted by atomic mass is 10.2. The van der Waals surface area contributed by atoms with Gasteiger partial charge in [-0.3, -0.25) is 4.79 Å². The summed E-state index contributed by atoms with van der Waals surface area (Å²) < 4.78 is 5.50. The molecule has 6 nitrogen and oxygen atoms in total. The molecule has 1 amide bonds. The van der Waals surface area contributed by atoms with Gasteiger partial charge in [0.1, 0.15) is 11.6 Å². The highest BCUT2D eigenvalue weighted by Crippen LogP contribution is 2.29. The highest BCUT2D eigenvalue weighted by Gasteiger charge is 2.21. The van der Waals surface area contributed by atoms with Crippen molar-refractivity contribution >= 4 is 17.4 Å². The molecule has 1 fully saturated rings. The predicted octanol–water partition coefficient (Wildman–Crippen LogP) is 3.68. The third kappa shape index (κ3) is 5.00. The van der Waals surface area contributed by atoms with E-state index in [0.29, 0.717) is 5.56 Å². The van der Waals surface area contributed by atoms with Gasteiger partial charge < -0.3 is 19.4 Å². The number of amides is 1. The van der Waals surface area contributed by atoms with Crippen LogP contribution < -0.4 is 14.5 Å². The topological polar surface area (TPSA) is 48.9 Å². The standard InChI is InChI=1S/C23H32N4O2/c1-4-12-27(13-5-2)23(28)19-10-11-22(24-18-19)26-16-14-25(15-17-26)20-8-6-7-9-21(20)29-3/h6-11,18H,4-5,12-17H2,1-3H3. The Labute approximate surface area is 174 Å². The molecular weight excluding hydrogens is 364 g/mol. The van der Waals surface area contributed by atoms with Crippen LogP contribution in [0.25, 0.3) is 0 Å². The molecule has 29 heavy (non-hydrogen) atoms. The first kappa shape index (κ1) is 21.0. The Morgan fingerprint density at radius 3 is 2.24 bits per heavy atom. The molecular formula is C23H32N4O2. The van der Waals surface area contributed by atoms with Crippen molar-refractivity contribution in [3.8, 4) is 5.75 Å². The van der Waals surface area contributed by atoms with E-state index < -0.39 is 0 Å². The number of methoxy groups -OCH3 is 1. The van der Waals surface area contributed by atoms with E-state index in [-0.39, 0.29) is 5.91 Å². The van der Waals surface area contributed by atoms with Crippen LogP contribution in [0.2, 0.25) is 0 Å². The summed E-state index contributed by atoms with van der Waals surface area (Å²) in [6.45, 7) is 9.36. The zero-order valence-electron chi connectivity index (χ0n) is 17.8. The molecule has 1 aromatic carbocycles. The lowest BCUT2D eigenvalue weighted by molar-refractivity contribution is 0.0755. The van der Waals surface area contributed by atoms with E-state index in [4.69, 9.17) is 4.74 Å².